The Morgan fingerprint density at radius 1 is 1.30 bits per heavy atom. The van der Waals surface area contributed by atoms with Crippen molar-refractivity contribution in [2.24, 2.45) is 0 Å². The molecule has 3 rings (SSSR count). The van der Waals surface area contributed by atoms with E-state index in [0.29, 0.717) is 6.61 Å². The third-order valence-corrected chi connectivity index (χ3v) is 4.81. The lowest BCUT2D eigenvalue weighted by molar-refractivity contribution is -0.128. The summed E-state index contributed by atoms with van der Waals surface area (Å²) in [7, 11) is 0. The first kappa shape index (κ1) is 13.3. The SMILES string of the molecule is CC(=O)OI=C=C1CCOc2ccc3ccccc3c21. The molecule has 0 saturated heterocycles. The maximum atomic E-state index is 10.9. The number of fused-ring (bicyclic) bond motifs is 3. The lowest BCUT2D eigenvalue weighted by Crippen LogP contribution is -2.08. The van der Waals surface area contributed by atoms with E-state index in [2.05, 4.69) is 21.9 Å². The Balaban J connectivity index is 2.18. The number of hydrogen-bond donors (Lipinski definition) is 0. The summed E-state index contributed by atoms with van der Waals surface area (Å²) in [6.45, 7) is 2.08. The van der Waals surface area contributed by atoms with E-state index in [1.807, 2.05) is 18.2 Å². The molecule has 0 bridgehead atoms. The van der Waals surface area contributed by atoms with Crippen LogP contribution in [0.1, 0.15) is 18.9 Å². The molecule has 0 unspecified atom stereocenters. The van der Waals surface area contributed by atoms with Crippen molar-refractivity contribution >= 4 is 47.1 Å². The van der Waals surface area contributed by atoms with Gasteiger partial charge in [0.05, 0.1) is 6.61 Å². The summed E-state index contributed by atoms with van der Waals surface area (Å²) in [5.41, 5.74) is 2.21. The highest BCUT2D eigenvalue weighted by Crippen LogP contribution is 2.37. The fraction of sp³-hybridized carbons (Fsp3) is 0.188. The van der Waals surface area contributed by atoms with Gasteiger partial charge in [0.1, 0.15) is 5.75 Å². The Bertz CT molecular complexity index is 742. The van der Waals surface area contributed by atoms with E-state index < -0.39 is 21.1 Å². The minimum absolute atomic E-state index is 0.240. The van der Waals surface area contributed by atoms with Gasteiger partial charge in [-0.1, -0.05) is 30.3 Å². The molecule has 0 amide bonds. The summed E-state index contributed by atoms with van der Waals surface area (Å²) in [5.74, 6) is 0.653. The highest BCUT2D eigenvalue weighted by Gasteiger charge is 2.18. The summed E-state index contributed by atoms with van der Waals surface area (Å²) in [4.78, 5) is 10.9. The number of carbonyl (C=O) groups is 1. The number of carbonyl (C=O) groups excluding carboxylic acids is 1. The number of hydrogen-bond acceptors (Lipinski definition) is 3. The Morgan fingerprint density at radius 3 is 3.00 bits per heavy atom. The van der Waals surface area contributed by atoms with E-state index in [9.17, 15) is 4.79 Å². The van der Waals surface area contributed by atoms with Crippen molar-refractivity contribution in [2.75, 3.05) is 6.61 Å². The summed E-state index contributed by atoms with van der Waals surface area (Å²) in [6.07, 6.45) is 0.808. The maximum Gasteiger partial charge on any atom is 0.312 e. The van der Waals surface area contributed by atoms with Gasteiger partial charge in [0.2, 0.25) is 0 Å². The summed E-state index contributed by atoms with van der Waals surface area (Å²) in [5, 5.41) is 2.35. The zero-order valence-electron chi connectivity index (χ0n) is 11.0. The Labute approximate surface area is 127 Å². The summed E-state index contributed by atoms with van der Waals surface area (Å²) in [6, 6.07) is 12.3. The zero-order chi connectivity index (χ0) is 13.9. The first-order valence-electron chi connectivity index (χ1n) is 6.34. The zero-order valence-corrected chi connectivity index (χ0v) is 13.1. The number of ether oxygens (including phenoxy) is 1. The van der Waals surface area contributed by atoms with Crippen molar-refractivity contribution in [2.45, 2.75) is 13.3 Å². The quantitative estimate of drug-likeness (QED) is 0.705. The van der Waals surface area contributed by atoms with Gasteiger partial charge in [-0.05, 0) is 20.5 Å². The molecule has 102 valence electrons. The smallest absolute Gasteiger partial charge is 0.312 e. The average Bonchev–Trinajstić information content (AvgIpc) is 2.46. The van der Waals surface area contributed by atoms with Gasteiger partial charge in [-0.3, -0.25) is 4.79 Å². The molecular formula is C16H13IO3. The van der Waals surface area contributed by atoms with Gasteiger partial charge < -0.3 is 7.80 Å². The lowest BCUT2D eigenvalue weighted by atomic mass is 9.95. The van der Waals surface area contributed by atoms with Gasteiger partial charge in [-0.15, -0.1) is 0 Å². The molecule has 0 fully saturated rings. The fourth-order valence-corrected chi connectivity index (χ4v) is 3.51. The highest BCUT2D eigenvalue weighted by atomic mass is 127. The van der Waals surface area contributed by atoms with E-state index in [1.165, 1.54) is 17.7 Å². The Hall–Kier alpha value is -1.65. The molecule has 1 aliphatic heterocycles. The number of benzene rings is 2. The molecular weight excluding hydrogens is 367 g/mol. The molecule has 1 heterocycles. The second-order valence-corrected chi connectivity index (χ2v) is 5.90. The molecule has 0 N–H and O–H groups in total. The monoisotopic (exact) mass is 380 g/mol. The van der Waals surface area contributed by atoms with E-state index in [0.717, 1.165) is 23.3 Å². The maximum absolute atomic E-state index is 10.9. The minimum Gasteiger partial charge on any atom is -0.493 e. The molecule has 0 atom stereocenters. The van der Waals surface area contributed by atoms with Crippen LogP contribution in [0.4, 0.5) is 0 Å². The van der Waals surface area contributed by atoms with Crippen LogP contribution in [0.25, 0.3) is 16.3 Å². The van der Waals surface area contributed by atoms with Crippen LogP contribution >= 0.6 is 21.1 Å². The lowest BCUT2D eigenvalue weighted by Gasteiger charge is -2.20. The van der Waals surface area contributed by atoms with Crippen molar-refractivity contribution < 1.29 is 12.6 Å². The van der Waals surface area contributed by atoms with Crippen LogP contribution in [-0.2, 0) is 7.86 Å². The molecule has 2 aromatic carbocycles. The normalized spacial score (nSPS) is 13.3. The summed E-state index contributed by atoms with van der Waals surface area (Å²) >= 11 is -0.815. The van der Waals surface area contributed by atoms with Crippen molar-refractivity contribution in [1.82, 2.24) is 0 Å². The molecule has 0 spiro atoms. The topological polar surface area (TPSA) is 35.5 Å². The van der Waals surface area contributed by atoms with Crippen LogP contribution in [-0.4, -0.2) is 16.2 Å². The minimum atomic E-state index is -0.815. The van der Waals surface area contributed by atoms with Crippen molar-refractivity contribution in [1.29, 1.82) is 0 Å². The van der Waals surface area contributed by atoms with Gasteiger partial charge in [0.15, 0.2) is 21.1 Å². The van der Waals surface area contributed by atoms with Crippen LogP contribution in [0.5, 0.6) is 5.75 Å². The van der Waals surface area contributed by atoms with E-state index in [-0.39, 0.29) is 5.97 Å². The van der Waals surface area contributed by atoms with Gasteiger partial charge in [0, 0.05) is 24.5 Å². The van der Waals surface area contributed by atoms with Crippen LogP contribution in [0, 0.1) is 0 Å². The first-order valence-corrected chi connectivity index (χ1v) is 8.30. The molecule has 4 heteroatoms. The standard InChI is InChI=1S/C16H13IO3/c1-11(18)20-17-10-13-8-9-19-15-7-6-12-4-2-3-5-14(12)16(13)15/h2-7H,8-9H2,1H3. The van der Waals surface area contributed by atoms with Crippen LogP contribution in [0.2, 0.25) is 0 Å². The van der Waals surface area contributed by atoms with Crippen molar-refractivity contribution in [3.63, 3.8) is 0 Å². The molecule has 3 nitrogen and oxygen atoms in total. The van der Waals surface area contributed by atoms with Gasteiger partial charge >= 0.3 is 5.97 Å². The number of rotatable bonds is 1. The predicted octanol–water partition coefficient (Wildman–Crippen LogP) is 3.86. The molecule has 1 aliphatic rings. The van der Waals surface area contributed by atoms with Gasteiger partial charge in [-0.25, -0.2) is 0 Å². The van der Waals surface area contributed by atoms with E-state index >= 15 is 0 Å². The van der Waals surface area contributed by atoms with Crippen molar-refractivity contribution in [3.8, 4) is 5.75 Å². The largest absolute Gasteiger partial charge is 0.493 e. The molecule has 0 saturated carbocycles. The molecule has 0 aromatic heterocycles. The molecule has 2 aromatic rings. The average molecular weight is 380 g/mol. The Morgan fingerprint density at radius 2 is 2.15 bits per heavy atom. The van der Waals surface area contributed by atoms with E-state index in [4.69, 9.17) is 7.80 Å². The molecule has 0 aliphatic carbocycles. The van der Waals surface area contributed by atoms with Crippen LogP contribution in [0.15, 0.2) is 36.4 Å². The van der Waals surface area contributed by atoms with Crippen LogP contribution in [0.3, 0.4) is 0 Å². The third-order valence-electron chi connectivity index (χ3n) is 3.10. The highest BCUT2D eigenvalue weighted by molar-refractivity contribution is 14.2. The van der Waals surface area contributed by atoms with Crippen LogP contribution < -0.4 is 4.74 Å². The predicted molar refractivity (Wildman–Crippen MR) is 88.3 cm³/mol. The summed E-state index contributed by atoms with van der Waals surface area (Å²) < 4.78 is 14.1. The third kappa shape index (κ3) is 2.62. The second kappa shape index (κ2) is 5.77. The van der Waals surface area contributed by atoms with E-state index in [1.54, 1.807) is 0 Å². The first-order chi connectivity index (χ1) is 9.75. The van der Waals surface area contributed by atoms with Gasteiger partial charge in [0.25, 0.3) is 0 Å². The van der Waals surface area contributed by atoms with Gasteiger partial charge in [-0.2, -0.15) is 0 Å². The fourth-order valence-electron chi connectivity index (χ4n) is 2.29. The van der Waals surface area contributed by atoms with Crippen molar-refractivity contribution in [3.05, 3.63) is 42.0 Å². The molecule has 20 heavy (non-hydrogen) atoms. The Kier molecular flexibility index (Phi) is 3.85. The molecule has 0 radical (unpaired) electrons. The second-order valence-electron chi connectivity index (χ2n) is 4.48. The number of halogens is 1.